The van der Waals surface area contributed by atoms with Gasteiger partial charge in [-0.2, -0.15) is 0 Å². The summed E-state index contributed by atoms with van der Waals surface area (Å²) in [6.45, 7) is 3.95. The molecule has 1 aromatic rings. The number of hydrogen-bond donors (Lipinski definition) is 2. The molecule has 0 fully saturated rings. The predicted octanol–water partition coefficient (Wildman–Crippen LogP) is 1.74. The Bertz CT molecular complexity index is 363. The van der Waals surface area contributed by atoms with Gasteiger partial charge in [-0.05, 0) is 37.6 Å². The summed E-state index contributed by atoms with van der Waals surface area (Å²) in [4.78, 5) is 11.2. The third-order valence-corrected chi connectivity index (χ3v) is 2.76. The van der Waals surface area contributed by atoms with Crippen LogP contribution in [0.3, 0.4) is 0 Å². The summed E-state index contributed by atoms with van der Waals surface area (Å²) >= 11 is 0. The molecule has 0 unspecified atom stereocenters. The average Bonchev–Trinajstić information content (AvgIpc) is 2.41. The van der Waals surface area contributed by atoms with Gasteiger partial charge in [-0.25, -0.2) is 0 Å². The molecule has 0 saturated carbocycles. The fourth-order valence-corrected chi connectivity index (χ4v) is 1.66. The van der Waals surface area contributed by atoms with Gasteiger partial charge < -0.3 is 15.4 Å². The molecule has 0 spiro atoms. The van der Waals surface area contributed by atoms with Crippen LogP contribution in [0.5, 0.6) is 5.75 Å². The Balaban J connectivity index is 2.26. The average molecular weight is 264 g/mol. The van der Waals surface area contributed by atoms with Gasteiger partial charge in [0.2, 0.25) is 5.91 Å². The first-order chi connectivity index (χ1) is 9.26. The van der Waals surface area contributed by atoms with Crippen molar-refractivity contribution in [2.45, 2.75) is 26.2 Å². The number of carbonyl (C=O) groups is 1. The Kier molecular flexibility index (Phi) is 7.66. The van der Waals surface area contributed by atoms with Crippen LogP contribution < -0.4 is 15.4 Å². The standard InChI is InChI=1S/C15H24N2O2/c1-3-4-11-19-14-7-5-13(6-8-14)9-10-17-15(18)12-16-2/h5-8,16H,3-4,9-12H2,1-2H3,(H,17,18). The minimum Gasteiger partial charge on any atom is -0.494 e. The van der Waals surface area contributed by atoms with E-state index in [0.717, 1.165) is 31.6 Å². The highest BCUT2D eigenvalue weighted by atomic mass is 16.5. The molecule has 0 aromatic heterocycles. The van der Waals surface area contributed by atoms with E-state index in [-0.39, 0.29) is 5.91 Å². The Labute approximate surface area is 115 Å². The quantitative estimate of drug-likeness (QED) is 0.668. The molecular weight excluding hydrogens is 240 g/mol. The van der Waals surface area contributed by atoms with E-state index in [9.17, 15) is 4.79 Å². The van der Waals surface area contributed by atoms with Crippen LogP contribution >= 0.6 is 0 Å². The molecular formula is C15H24N2O2. The second kappa shape index (κ2) is 9.39. The Morgan fingerprint density at radius 3 is 2.63 bits per heavy atom. The molecule has 4 heteroatoms. The molecule has 1 rings (SSSR count). The summed E-state index contributed by atoms with van der Waals surface area (Å²) < 4.78 is 5.60. The number of ether oxygens (including phenoxy) is 1. The summed E-state index contributed by atoms with van der Waals surface area (Å²) in [7, 11) is 1.76. The first kappa shape index (κ1) is 15.5. The van der Waals surface area contributed by atoms with Crippen LogP contribution in [0.25, 0.3) is 0 Å². The van der Waals surface area contributed by atoms with E-state index in [2.05, 4.69) is 17.6 Å². The fourth-order valence-electron chi connectivity index (χ4n) is 1.66. The first-order valence-electron chi connectivity index (χ1n) is 6.89. The van der Waals surface area contributed by atoms with Crippen LogP contribution in [-0.4, -0.2) is 32.7 Å². The molecule has 0 aliphatic heterocycles. The van der Waals surface area contributed by atoms with Crippen molar-refractivity contribution < 1.29 is 9.53 Å². The molecule has 0 atom stereocenters. The largest absolute Gasteiger partial charge is 0.494 e. The monoisotopic (exact) mass is 264 g/mol. The van der Waals surface area contributed by atoms with Gasteiger partial charge in [0.15, 0.2) is 0 Å². The number of rotatable bonds is 9. The smallest absolute Gasteiger partial charge is 0.233 e. The number of hydrogen-bond acceptors (Lipinski definition) is 3. The second-order valence-corrected chi connectivity index (χ2v) is 4.48. The molecule has 4 nitrogen and oxygen atoms in total. The van der Waals surface area contributed by atoms with Crippen molar-refractivity contribution in [2.24, 2.45) is 0 Å². The zero-order chi connectivity index (χ0) is 13.9. The van der Waals surface area contributed by atoms with Gasteiger partial charge in [0.1, 0.15) is 5.75 Å². The molecule has 2 N–H and O–H groups in total. The van der Waals surface area contributed by atoms with Crippen molar-refractivity contribution >= 4 is 5.91 Å². The van der Waals surface area contributed by atoms with Crippen LogP contribution in [0.15, 0.2) is 24.3 Å². The van der Waals surface area contributed by atoms with Crippen LogP contribution in [0, 0.1) is 0 Å². The number of nitrogens with one attached hydrogen (secondary N) is 2. The van der Waals surface area contributed by atoms with E-state index in [4.69, 9.17) is 4.74 Å². The zero-order valence-electron chi connectivity index (χ0n) is 11.9. The van der Waals surface area contributed by atoms with Gasteiger partial charge in [0, 0.05) is 6.54 Å². The molecule has 1 amide bonds. The summed E-state index contributed by atoms with van der Waals surface area (Å²) in [6, 6.07) is 8.07. The predicted molar refractivity (Wildman–Crippen MR) is 77.5 cm³/mol. The molecule has 106 valence electrons. The fraction of sp³-hybridized carbons (Fsp3) is 0.533. The highest BCUT2D eigenvalue weighted by Gasteiger charge is 1.99. The normalized spacial score (nSPS) is 10.2. The van der Waals surface area contributed by atoms with Crippen molar-refractivity contribution in [3.05, 3.63) is 29.8 Å². The zero-order valence-corrected chi connectivity index (χ0v) is 11.9. The number of likely N-dealkylation sites (N-methyl/N-ethyl adjacent to an activating group) is 1. The van der Waals surface area contributed by atoms with E-state index < -0.39 is 0 Å². The maximum absolute atomic E-state index is 11.2. The molecule has 0 bridgehead atoms. The molecule has 0 heterocycles. The van der Waals surface area contributed by atoms with Gasteiger partial charge in [-0.3, -0.25) is 4.79 Å². The van der Waals surface area contributed by atoms with Crippen LogP contribution in [0.2, 0.25) is 0 Å². The van der Waals surface area contributed by atoms with Gasteiger partial charge in [0.05, 0.1) is 13.2 Å². The topological polar surface area (TPSA) is 50.4 Å². The van der Waals surface area contributed by atoms with Crippen LogP contribution in [-0.2, 0) is 11.2 Å². The number of benzene rings is 1. The van der Waals surface area contributed by atoms with Gasteiger partial charge in [-0.15, -0.1) is 0 Å². The Hall–Kier alpha value is -1.55. The maximum Gasteiger partial charge on any atom is 0.233 e. The molecule has 0 aliphatic rings. The minimum atomic E-state index is 0.0296. The van der Waals surface area contributed by atoms with E-state index in [1.165, 1.54) is 5.56 Å². The SMILES string of the molecule is CCCCOc1ccc(CCNC(=O)CNC)cc1. The second-order valence-electron chi connectivity index (χ2n) is 4.48. The van der Waals surface area contributed by atoms with Crippen molar-refractivity contribution in [1.82, 2.24) is 10.6 Å². The molecule has 0 radical (unpaired) electrons. The summed E-state index contributed by atoms with van der Waals surface area (Å²) in [6.07, 6.45) is 3.06. The lowest BCUT2D eigenvalue weighted by atomic mass is 10.1. The summed E-state index contributed by atoms with van der Waals surface area (Å²) in [5.74, 6) is 0.943. The van der Waals surface area contributed by atoms with Crippen molar-refractivity contribution in [3.8, 4) is 5.75 Å². The van der Waals surface area contributed by atoms with E-state index in [1.54, 1.807) is 7.05 Å². The summed E-state index contributed by atoms with van der Waals surface area (Å²) in [5, 5.41) is 5.68. The third kappa shape index (κ3) is 6.82. The third-order valence-electron chi connectivity index (χ3n) is 2.76. The van der Waals surface area contributed by atoms with Gasteiger partial charge >= 0.3 is 0 Å². The van der Waals surface area contributed by atoms with Crippen molar-refractivity contribution in [2.75, 3.05) is 26.7 Å². The lowest BCUT2D eigenvalue weighted by Gasteiger charge is -2.07. The lowest BCUT2D eigenvalue weighted by Crippen LogP contribution is -2.33. The van der Waals surface area contributed by atoms with Crippen LogP contribution in [0.4, 0.5) is 0 Å². The molecule has 0 saturated heterocycles. The number of unbranched alkanes of at least 4 members (excludes halogenated alkanes) is 1. The first-order valence-corrected chi connectivity index (χ1v) is 6.89. The minimum absolute atomic E-state index is 0.0296. The van der Waals surface area contributed by atoms with Crippen molar-refractivity contribution in [3.63, 3.8) is 0 Å². The Morgan fingerprint density at radius 2 is 2.00 bits per heavy atom. The summed E-state index contributed by atoms with van der Waals surface area (Å²) in [5.41, 5.74) is 1.20. The molecule has 1 aromatic carbocycles. The molecule has 0 aliphatic carbocycles. The maximum atomic E-state index is 11.2. The van der Waals surface area contributed by atoms with Crippen molar-refractivity contribution in [1.29, 1.82) is 0 Å². The lowest BCUT2D eigenvalue weighted by molar-refractivity contribution is -0.120. The highest BCUT2D eigenvalue weighted by molar-refractivity contribution is 5.77. The van der Waals surface area contributed by atoms with Gasteiger partial charge in [0.25, 0.3) is 0 Å². The Morgan fingerprint density at radius 1 is 1.26 bits per heavy atom. The molecule has 19 heavy (non-hydrogen) atoms. The van der Waals surface area contributed by atoms with Gasteiger partial charge in [-0.1, -0.05) is 25.5 Å². The number of amides is 1. The van der Waals surface area contributed by atoms with E-state index >= 15 is 0 Å². The van der Waals surface area contributed by atoms with E-state index in [1.807, 2.05) is 24.3 Å². The highest BCUT2D eigenvalue weighted by Crippen LogP contribution is 2.12. The van der Waals surface area contributed by atoms with E-state index in [0.29, 0.717) is 13.1 Å². The number of carbonyl (C=O) groups excluding carboxylic acids is 1. The van der Waals surface area contributed by atoms with Crippen LogP contribution in [0.1, 0.15) is 25.3 Å².